The van der Waals surface area contributed by atoms with Gasteiger partial charge in [0.1, 0.15) is 5.82 Å². The zero-order valence-corrected chi connectivity index (χ0v) is 19.1. The number of aromatic nitrogens is 2. The number of rotatable bonds is 5. The van der Waals surface area contributed by atoms with Crippen molar-refractivity contribution in [2.75, 3.05) is 5.75 Å². The highest BCUT2D eigenvalue weighted by Crippen LogP contribution is 2.44. The number of nitrogens with one attached hydrogen (secondary N) is 2. The first kappa shape index (κ1) is 20.9. The Morgan fingerprint density at radius 2 is 2.00 bits per heavy atom. The van der Waals surface area contributed by atoms with Crippen molar-refractivity contribution in [1.82, 2.24) is 9.97 Å². The van der Waals surface area contributed by atoms with Crippen LogP contribution >= 0.6 is 0 Å². The maximum atomic E-state index is 14.5. The molecule has 1 atom stereocenters. The summed E-state index contributed by atoms with van der Waals surface area (Å²) < 4.78 is 35.2. The van der Waals surface area contributed by atoms with Gasteiger partial charge < -0.3 is 14.5 Å². The Morgan fingerprint density at radius 1 is 1.19 bits per heavy atom. The van der Waals surface area contributed by atoms with E-state index >= 15 is 0 Å². The van der Waals surface area contributed by atoms with Gasteiger partial charge in [0.2, 0.25) is 0 Å². The minimum atomic E-state index is -1.86. The number of aryl methyl sites for hydroxylation is 1. The zero-order chi connectivity index (χ0) is 22.6. The lowest BCUT2D eigenvalue weighted by Gasteiger charge is -2.15. The van der Waals surface area contributed by atoms with E-state index in [0.717, 1.165) is 55.7 Å². The summed E-state index contributed by atoms with van der Waals surface area (Å²) in [4.78, 5) is 6.68. The third kappa shape index (κ3) is 3.44. The third-order valence-electron chi connectivity index (χ3n) is 6.25. The number of fused-ring (bicyclic) bond motifs is 2. The number of hydrogen-bond donors (Lipinski definition) is 3. The van der Waals surface area contributed by atoms with Crippen molar-refractivity contribution in [2.45, 2.75) is 33.1 Å². The molecule has 0 bridgehead atoms. The summed E-state index contributed by atoms with van der Waals surface area (Å²) in [6, 6.07) is 11.3. The highest BCUT2D eigenvalue weighted by molar-refractivity contribution is 7.79. The largest absolute Gasteiger partial charge is 0.361 e. The summed E-state index contributed by atoms with van der Waals surface area (Å²) in [6.07, 6.45) is 4.58. The molecule has 0 saturated carbocycles. The van der Waals surface area contributed by atoms with Crippen LogP contribution in [0.25, 0.3) is 39.4 Å². The number of aromatic amines is 2. The molecule has 6 heteroatoms. The maximum absolute atomic E-state index is 14.5. The molecule has 2 aromatic heterocycles. The number of benzene rings is 2. The fraction of sp³-hybridized carbons (Fsp3) is 0.231. The van der Waals surface area contributed by atoms with E-state index in [1.54, 1.807) is 6.07 Å². The summed E-state index contributed by atoms with van der Waals surface area (Å²) in [5, 5.41) is 0.979. The number of H-pyrrole nitrogens is 2. The van der Waals surface area contributed by atoms with Crippen molar-refractivity contribution in [2.24, 2.45) is 0 Å². The molecular weight excluding hydrogens is 423 g/mol. The van der Waals surface area contributed by atoms with E-state index < -0.39 is 11.1 Å². The van der Waals surface area contributed by atoms with Crippen molar-refractivity contribution < 1.29 is 13.2 Å². The molecule has 5 rings (SSSR count). The Balaban J connectivity index is 1.75. The molecule has 164 valence electrons. The molecule has 32 heavy (non-hydrogen) atoms. The van der Waals surface area contributed by atoms with Gasteiger partial charge in [0.05, 0.1) is 11.4 Å². The lowest BCUT2D eigenvalue weighted by molar-refractivity contribution is 0.566. The molecule has 4 aromatic rings. The maximum Gasteiger partial charge on any atom is 0.157 e. The lowest BCUT2D eigenvalue weighted by Crippen LogP contribution is -1.98. The summed E-state index contributed by atoms with van der Waals surface area (Å²) in [5.41, 5.74) is 10.2. The van der Waals surface area contributed by atoms with Crippen molar-refractivity contribution in [3.63, 3.8) is 0 Å². The Bertz CT molecular complexity index is 1410. The van der Waals surface area contributed by atoms with Gasteiger partial charge >= 0.3 is 0 Å². The zero-order valence-electron chi connectivity index (χ0n) is 18.3. The SMILES string of the molecule is Cc1[nH]c(-c2cc(F)cc3[nH]ccc23)c(C(C)C)c1-c1cccc2c1C=C(CS(=O)O)C2. The molecule has 3 N–H and O–H groups in total. The van der Waals surface area contributed by atoms with Crippen LogP contribution in [0.3, 0.4) is 0 Å². The van der Waals surface area contributed by atoms with Gasteiger partial charge in [-0.05, 0) is 59.7 Å². The second-order valence-corrected chi connectivity index (χ2v) is 9.72. The van der Waals surface area contributed by atoms with Crippen LogP contribution in [0.4, 0.5) is 4.39 Å². The molecule has 0 fully saturated rings. The van der Waals surface area contributed by atoms with Crippen molar-refractivity contribution in [3.05, 3.63) is 76.4 Å². The normalized spacial score (nSPS) is 14.2. The molecule has 2 heterocycles. The van der Waals surface area contributed by atoms with Gasteiger partial charge in [-0.2, -0.15) is 0 Å². The first-order chi connectivity index (χ1) is 15.3. The summed E-state index contributed by atoms with van der Waals surface area (Å²) in [7, 11) is 0. The van der Waals surface area contributed by atoms with Crippen LogP contribution in [0.2, 0.25) is 0 Å². The third-order valence-corrected chi connectivity index (χ3v) is 6.86. The van der Waals surface area contributed by atoms with Crippen LogP contribution in [-0.4, -0.2) is 24.5 Å². The standard InChI is InChI=1S/C26H25FN2O2S/c1-14(2)24-25(20-6-4-5-17-9-16(10-21(17)20)13-32(30)31)15(3)29-26(24)22-11-18(27)12-23-19(22)7-8-28-23/h4-8,10-12,14,28-29H,9,13H2,1-3H3,(H,30,31). The van der Waals surface area contributed by atoms with E-state index in [2.05, 4.69) is 48.9 Å². The van der Waals surface area contributed by atoms with Gasteiger partial charge in [0, 0.05) is 33.9 Å². The van der Waals surface area contributed by atoms with Crippen LogP contribution in [0.15, 0.2) is 48.2 Å². The quantitative estimate of drug-likeness (QED) is 0.303. The first-order valence-corrected chi connectivity index (χ1v) is 12.0. The summed E-state index contributed by atoms with van der Waals surface area (Å²) in [6.45, 7) is 6.37. The molecule has 1 unspecified atom stereocenters. The van der Waals surface area contributed by atoms with Gasteiger partial charge in [0.25, 0.3) is 0 Å². The molecule has 0 saturated heterocycles. The molecule has 2 aromatic carbocycles. The first-order valence-electron chi connectivity index (χ1n) is 10.7. The van der Waals surface area contributed by atoms with Crippen LogP contribution in [0.1, 0.15) is 42.1 Å². The van der Waals surface area contributed by atoms with E-state index in [0.29, 0.717) is 6.42 Å². The smallest absolute Gasteiger partial charge is 0.157 e. The Morgan fingerprint density at radius 3 is 2.75 bits per heavy atom. The fourth-order valence-corrected chi connectivity index (χ4v) is 5.53. The minimum Gasteiger partial charge on any atom is -0.361 e. The van der Waals surface area contributed by atoms with E-state index in [9.17, 15) is 13.2 Å². The summed E-state index contributed by atoms with van der Waals surface area (Å²) in [5.74, 6) is 0.0913. The molecular formula is C26H25FN2O2S. The molecule has 0 amide bonds. The highest BCUT2D eigenvalue weighted by Gasteiger charge is 2.25. The Hall–Kier alpha value is -2.96. The molecule has 1 aliphatic carbocycles. The van der Waals surface area contributed by atoms with Gasteiger partial charge in [-0.3, -0.25) is 0 Å². The van der Waals surface area contributed by atoms with Gasteiger partial charge in [-0.1, -0.05) is 43.7 Å². The lowest BCUT2D eigenvalue weighted by atomic mass is 9.88. The minimum absolute atomic E-state index is 0.164. The molecule has 1 aliphatic rings. The Kier molecular flexibility index (Phi) is 5.14. The van der Waals surface area contributed by atoms with E-state index in [-0.39, 0.29) is 17.5 Å². The van der Waals surface area contributed by atoms with Crippen molar-refractivity contribution in [1.29, 1.82) is 0 Å². The average Bonchev–Trinajstić information content (AvgIpc) is 3.42. The molecule has 0 aliphatic heterocycles. The van der Waals surface area contributed by atoms with Crippen LogP contribution in [0.5, 0.6) is 0 Å². The topological polar surface area (TPSA) is 68.9 Å². The summed E-state index contributed by atoms with van der Waals surface area (Å²) >= 11 is -1.86. The molecule has 0 radical (unpaired) electrons. The van der Waals surface area contributed by atoms with Crippen LogP contribution in [-0.2, 0) is 17.5 Å². The number of halogens is 1. The van der Waals surface area contributed by atoms with Crippen molar-refractivity contribution >= 4 is 28.1 Å². The average molecular weight is 449 g/mol. The fourth-order valence-electron chi connectivity index (χ4n) is 5.03. The predicted molar refractivity (Wildman–Crippen MR) is 130 cm³/mol. The predicted octanol–water partition coefficient (Wildman–Crippen LogP) is 6.56. The van der Waals surface area contributed by atoms with Gasteiger partial charge in [0.15, 0.2) is 11.1 Å². The van der Waals surface area contributed by atoms with Crippen LogP contribution in [0, 0.1) is 12.7 Å². The molecule has 0 spiro atoms. The van der Waals surface area contributed by atoms with E-state index in [1.165, 1.54) is 11.6 Å². The van der Waals surface area contributed by atoms with Crippen LogP contribution < -0.4 is 0 Å². The molecule has 4 nitrogen and oxygen atoms in total. The highest BCUT2D eigenvalue weighted by atomic mass is 32.2. The number of hydrogen-bond acceptors (Lipinski definition) is 1. The van der Waals surface area contributed by atoms with E-state index in [4.69, 9.17) is 0 Å². The second-order valence-electron chi connectivity index (χ2n) is 8.78. The van der Waals surface area contributed by atoms with Gasteiger partial charge in [-0.25, -0.2) is 8.60 Å². The van der Waals surface area contributed by atoms with Crippen molar-refractivity contribution in [3.8, 4) is 22.4 Å². The Labute approximate surface area is 188 Å². The second kappa shape index (κ2) is 7.87. The van der Waals surface area contributed by atoms with E-state index in [1.807, 2.05) is 18.3 Å². The monoisotopic (exact) mass is 448 g/mol. The van der Waals surface area contributed by atoms with Gasteiger partial charge in [-0.15, -0.1) is 0 Å².